The number of nitrogens with zero attached hydrogens (tertiary/aromatic N) is 3. The summed E-state index contributed by atoms with van der Waals surface area (Å²) in [5.41, 5.74) is 0.250. The molecule has 0 unspecified atom stereocenters. The van der Waals surface area contributed by atoms with E-state index in [0.717, 1.165) is 24.8 Å². The molecule has 0 saturated heterocycles. The summed E-state index contributed by atoms with van der Waals surface area (Å²) in [6.45, 7) is 2.21. The predicted octanol–water partition coefficient (Wildman–Crippen LogP) is 5.94. The van der Waals surface area contributed by atoms with Gasteiger partial charge >= 0.3 is 12.4 Å². The van der Waals surface area contributed by atoms with Crippen LogP contribution in [-0.2, 0) is 12.6 Å². The van der Waals surface area contributed by atoms with Crippen LogP contribution in [0.2, 0.25) is 0 Å². The van der Waals surface area contributed by atoms with Gasteiger partial charge in [-0.2, -0.15) is 31.3 Å². The Kier molecular flexibility index (Phi) is 7.32. The van der Waals surface area contributed by atoms with Gasteiger partial charge in [-0.1, -0.05) is 25.5 Å². The van der Waals surface area contributed by atoms with Crippen LogP contribution in [-0.4, -0.2) is 29.3 Å². The Bertz CT molecular complexity index is 790. The minimum Gasteiger partial charge on any atom is -0.467 e. The van der Waals surface area contributed by atoms with E-state index in [9.17, 15) is 26.3 Å². The van der Waals surface area contributed by atoms with Crippen molar-refractivity contribution in [3.8, 4) is 5.88 Å². The Morgan fingerprint density at radius 3 is 2.17 bits per heavy atom. The number of benzene rings is 1. The first-order chi connectivity index (χ1) is 13.5. The number of ether oxygens (including phenoxy) is 1. The number of hydrogen-bond acceptors (Lipinski definition) is 4. The molecule has 0 fully saturated rings. The molecule has 0 N–H and O–H groups in total. The van der Waals surface area contributed by atoms with Crippen LogP contribution in [0.5, 0.6) is 5.88 Å². The zero-order chi connectivity index (χ0) is 21.7. The number of rotatable bonds is 8. The van der Waals surface area contributed by atoms with E-state index in [1.807, 2.05) is 12.1 Å². The van der Waals surface area contributed by atoms with Crippen LogP contribution in [0.25, 0.3) is 0 Å². The average molecular weight is 421 g/mol. The van der Waals surface area contributed by atoms with Crippen molar-refractivity contribution in [2.45, 2.75) is 45.5 Å². The van der Waals surface area contributed by atoms with Gasteiger partial charge < -0.3 is 9.64 Å². The third kappa shape index (κ3) is 6.50. The first kappa shape index (κ1) is 22.8. The van der Waals surface area contributed by atoms with E-state index in [1.165, 1.54) is 4.90 Å². The molecule has 0 amide bonds. The lowest BCUT2D eigenvalue weighted by atomic mass is 10.1. The summed E-state index contributed by atoms with van der Waals surface area (Å²) in [6, 6.07) is 7.31. The first-order valence-electron chi connectivity index (χ1n) is 9.05. The average Bonchev–Trinajstić information content (AvgIpc) is 2.65. The van der Waals surface area contributed by atoms with Gasteiger partial charge in [0.05, 0.1) is 0 Å². The standard InChI is InChI=1S/C19H21F6N3O/c1-3-5-6-13-7-9-14(10-8-13)28(4-2)17-26-11-15(19(23,24)25)16(27-17)29-12-18(20,21)22/h7-11H,3-6,12H2,1-2H3. The second-order valence-electron chi connectivity index (χ2n) is 6.30. The highest BCUT2D eigenvalue weighted by Gasteiger charge is 2.38. The number of halogens is 6. The van der Waals surface area contributed by atoms with E-state index < -0.39 is 30.4 Å². The third-order valence-electron chi connectivity index (χ3n) is 4.04. The minimum absolute atomic E-state index is 0.181. The Morgan fingerprint density at radius 1 is 1.00 bits per heavy atom. The molecular formula is C19H21F6N3O. The molecule has 0 spiro atoms. The smallest absolute Gasteiger partial charge is 0.423 e. The lowest BCUT2D eigenvalue weighted by Gasteiger charge is -2.23. The van der Waals surface area contributed by atoms with Gasteiger partial charge in [0.15, 0.2) is 6.61 Å². The van der Waals surface area contributed by atoms with E-state index in [0.29, 0.717) is 18.4 Å². The van der Waals surface area contributed by atoms with Crippen LogP contribution in [0.15, 0.2) is 30.5 Å². The quantitative estimate of drug-likeness (QED) is 0.495. The molecule has 1 heterocycles. The summed E-state index contributed by atoms with van der Waals surface area (Å²) in [7, 11) is 0. The highest BCUT2D eigenvalue weighted by molar-refractivity contribution is 5.58. The van der Waals surface area contributed by atoms with Gasteiger partial charge in [-0.15, -0.1) is 0 Å². The van der Waals surface area contributed by atoms with Crippen molar-refractivity contribution in [3.05, 3.63) is 41.6 Å². The van der Waals surface area contributed by atoms with Gasteiger partial charge in [0.1, 0.15) is 5.56 Å². The highest BCUT2D eigenvalue weighted by Crippen LogP contribution is 2.36. The zero-order valence-electron chi connectivity index (χ0n) is 15.9. The number of aromatic nitrogens is 2. The highest BCUT2D eigenvalue weighted by atomic mass is 19.4. The maximum Gasteiger partial charge on any atom is 0.423 e. The van der Waals surface area contributed by atoms with Gasteiger partial charge in [0.2, 0.25) is 11.8 Å². The molecular weight excluding hydrogens is 400 g/mol. The Morgan fingerprint density at radius 2 is 1.66 bits per heavy atom. The van der Waals surface area contributed by atoms with Gasteiger partial charge in [0.25, 0.3) is 0 Å². The number of anilines is 2. The number of alkyl halides is 6. The van der Waals surface area contributed by atoms with Crippen LogP contribution in [0.4, 0.5) is 38.0 Å². The fourth-order valence-electron chi connectivity index (χ4n) is 2.61. The lowest BCUT2D eigenvalue weighted by molar-refractivity contribution is -0.159. The van der Waals surface area contributed by atoms with Crippen LogP contribution in [0.3, 0.4) is 0 Å². The van der Waals surface area contributed by atoms with Gasteiger partial charge in [-0.3, -0.25) is 0 Å². The summed E-state index contributed by atoms with van der Waals surface area (Å²) in [4.78, 5) is 8.83. The summed E-state index contributed by atoms with van der Waals surface area (Å²) in [6.07, 6.45) is -6.34. The molecule has 2 rings (SSSR count). The summed E-state index contributed by atoms with van der Waals surface area (Å²) in [5.74, 6) is -1.34. The van der Waals surface area contributed by atoms with Crippen molar-refractivity contribution in [1.29, 1.82) is 0 Å². The molecule has 29 heavy (non-hydrogen) atoms. The largest absolute Gasteiger partial charge is 0.467 e. The van der Waals surface area contributed by atoms with E-state index in [1.54, 1.807) is 19.1 Å². The predicted molar refractivity (Wildman–Crippen MR) is 96.3 cm³/mol. The zero-order valence-corrected chi connectivity index (χ0v) is 15.9. The molecule has 0 aliphatic rings. The van der Waals surface area contributed by atoms with E-state index in [2.05, 4.69) is 21.6 Å². The Labute approximate surface area is 164 Å². The fourth-order valence-corrected chi connectivity index (χ4v) is 2.61. The van der Waals surface area contributed by atoms with Crippen molar-refractivity contribution < 1.29 is 31.1 Å². The summed E-state index contributed by atoms with van der Waals surface area (Å²) < 4.78 is 80.9. The molecule has 1 aromatic carbocycles. The third-order valence-corrected chi connectivity index (χ3v) is 4.04. The molecule has 160 valence electrons. The second-order valence-corrected chi connectivity index (χ2v) is 6.30. The monoisotopic (exact) mass is 421 g/mol. The van der Waals surface area contributed by atoms with Gasteiger partial charge in [-0.05, 0) is 37.5 Å². The van der Waals surface area contributed by atoms with Crippen molar-refractivity contribution in [3.63, 3.8) is 0 Å². The van der Waals surface area contributed by atoms with Crippen molar-refractivity contribution in [2.75, 3.05) is 18.1 Å². The molecule has 0 saturated carbocycles. The molecule has 0 radical (unpaired) electrons. The number of unbranched alkanes of at least 4 members (excludes halogenated alkanes) is 1. The van der Waals surface area contributed by atoms with E-state index >= 15 is 0 Å². The number of aryl methyl sites for hydroxylation is 1. The molecule has 2 aromatic rings. The van der Waals surface area contributed by atoms with Gasteiger partial charge in [0, 0.05) is 18.4 Å². The maximum atomic E-state index is 13.1. The van der Waals surface area contributed by atoms with Crippen molar-refractivity contribution in [2.24, 2.45) is 0 Å². The fraction of sp³-hybridized carbons (Fsp3) is 0.474. The molecule has 0 aliphatic heterocycles. The minimum atomic E-state index is -4.95. The first-order valence-corrected chi connectivity index (χ1v) is 9.05. The molecule has 10 heteroatoms. The second kappa shape index (κ2) is 9.32. The molecule has 0 atom stereocenters. The topological polar surface area (TPSA) is 38.2 Å². The van der Waals surface area contributed by atoms with Crippen LogP contribution in [0, 0.1) is 0 Å². The molecule has 1 aromatic heterocycles. The molecule has 0 aliphatic carbocycles. The normalized spacial score (nSPS) is 12.1. The Hall–Kier alpha value is -2.52. The number of hydrogen-bond donors (Lipinski definition) is 0. The Balaban J connectivity index is 2.35. The van der Waals surface area contributed by atoms with Crippen LogP contribution >= 0.6 is 0 Å². The lowest BCUT2D eigenvalue weighted by Crippen LogP contribution is -2.24. The van der Waals surface area contributed by atoms with Crippen molar-refractivity contribution >= 4 is 11.6 Å². The van der Waals surface area contributed by atoms with Crippen molar-refractivity contribution in [1.82, 2.24) is 9.97 Å². The van der Waals surface area contributed by atoms with E-state index in [-0.39, 0.29) is 5.95 Å². The van der Waals surface area contributed by atoms with Crippen LogP contribution in [0.1, 0.15) is 37.8 Å². The maximum absolute atomic E-state index is 13.1. The van der Waals surface area contributed by atoms with Crippen LogP contribution < -0.4 is 9.64 Å². The van der Waals surface area contributed by atoms with Gasteiger partial charge in [-0.25, -0.2) is 4.98 Å². The summed E-state index contributed by atoms with van der Waals surface area (Å²) >= 11 is 0. The molecule has 0 bridgehead atoms. The van der Waals surface area contributed by atoms with E-state index in [4.69, 9.17) is 0 Å². The molecule has 4 nitrogen and oxygen atoms in total. The SMILES string of the molecule is CCCCc1ccc(N(CC)c2ncc(C(F)(F)F)c(OCC(F)(F)F)n2)cc1. The summed E-state index contributed by atoms with van der Waals surface area (Å²) in [5, 5.41) is 0.